The van der Waals surface area contributed by atoms with Gasteiger partial charge in [0.25, 0.3) is 0 Å². The van der Waals surface area contributed by atoms with Gasteiger partial charge < -0.3 is 19.5 Å². The Morgan fingerprint density at radius 3 is 2.18 bits per heavy atom. The highest BCUT2D eigenvalue weighted by Gasteiger charge is 2.15. The van der Waals surface area contributed by atoms with E-state index in [4.69, 9.17) is 14.2 Å². The third kappa shape index (κ3) is 15.1. The first kappa shape index (κ1) is 28.5. The fraction of sp³-hybridized carbons (Fsp3) is 0.727. The molecular formula is C22H36N4O7. The first-order valence-electron chi connectivity index (χ1n) is 11.2. The highest BCUT2D eigenvalue weighted by Crippen LogP contribution is 2.00. The van der Waals surface area contributed by atoms with Crippen LogP contribution in [0, 0.1) is 0 Å². The Morgan fingerprint density at radius 2 is 1.61 bits per heavy atom. The maximum atomic E-state index is 12.4. The Bertz CT molecular complexity index is 729. The van der Waals surface area contributed by atoms with Crippen molar-refractivity contribution < 1.29 is 33.4 Å². The van der Waals surface area contributed by atoms with E-state index in [9.17, 15) is 19.2 Å². The summed E-state index contributed by atoms with van der Waals surface area (Å²) >= 11 is 0. The molecule has 0 atom stereocenters. The van der Waals surface area contributed by atoms with Crippen LogP contribution in [0.3, 0.4) is 0 Å². The molecule has 0 aliphatic heterocycles. The van der Waals surface area contributed by atoms with Gasteiger partial charge in [-0.2, -0.15) is 0 Å². The van der Waals surface area contributed by atoms with Gasteiger partial charge in [0.1, 0.15) is 18.2 Å². The van der Waals surface area contributed by atoms with Gasteiger partial charge in [-0.25, -0.2) is 0 Å². The quantitative estimate of drug-likeness (QED) is 0.274. The van der Waals surface area contributed by atoms with Crippen LogP contribution in [0.15, 0.2) is 6.20 Å². The number of aryl methyl sites for hydroxylation is 1. The van der Waals surface area contributed by atoms with Crippen LogP contribution in [0.2, 0.25) is 0 Å². The summed E-state index contributed by atoms with van der Waals surface area (Å²) in [5, 5.41) is 10.8. The number of nitrogens with zero attached hydrogens (tertiary/aromatic N) is 3. The van der Waals surface area contributed by atoms with E-state index >= 15 is 0 Å². The van der Waals surface area contributed by atoms with E-state index in [1.807, 2.05) is 6.92 Å². The van der Waals surface area contributed by atoms with Crippen molar-refractivity contribution in [2.45, 2.75) is 65.5 Å². The molecule has 11 nitrogen and oxygen atoms in total. The van der Waals surface area contributed by atoms with E-state index in [2.05, 4.69) is 15.6 Å². The van der Waals surface area contributed by atoms with Crippen LogP contribution in [0.4, 0.5) is 0 Å². The minimum absolute atomic E-state index is 0.0238. The first-order chi connectivity index (χ1) is 15.8. The van der Waals surface area contributed by atoms with Crippen LogP contribution in [-0.4, -0.2) is 83.9 Å². The van der Waals surface area contributed by atoms with Crippen LogP contribution in [-0.2, 0) is 46.4 Å². The first-order valence-corrected chi connectivity index (χ1v) is 11.2. The molecule has 0 unspecified atom stereocenters. The van der Waals surface area contributed by atoms with Gasteiger partial charge in [0.05, 0.1) is 51.1 Å². The molecule has 186 valence electrons. The molecule has 11 heteroatoms. The van der Waals surface area contributed by atoms with Gasteiger partial charge in [-0.3, -0.25) is 23.9 Å². The smallest absolute Gasteiger partial charge is 0.222 e. The monoisotopic (exact) mass is 468 g/mol. The minimum atomic E-state index is -0.413. The fourth-order valence-electron chi connectivity index (χ4n) is 2.64. The normalized spacial score (nSPS) is 11.0. The summed E-state index contributed by atoms with van der Waals surface area (Å²) in [7, 11) is 0. The van der Waals surface area contributed by atoms with E-state index < -0.39 is 6.04 Å². The molecule has 1 amide bonds. The summed E-state index contributed by atoms with van der Waals surface area (Å²) in [4.78, 5) is 46.3. The number of aromatic nitrogens is 3. The van der Waals surface area contributed by atoms with E-state index in [0.717, 1.165) is 6.42 Å². The second-order valence-corrected chi connectivity index (χ2v) is 7.81. The van der Waals surface area contributed by atoms with Crippen LogP contribution in [0.25, 0.3) is 0 Å². The number of hydrogen-bond acceptors (Lipinski definition) is 9. The van der Waals surface area contributed by atoms with E-state index in [1.165, 1.54) is 18.5 Å². The van der Waals surface area contributed by atoms with Crippen LogP contribution >= 0.6 is 0 Å². The van der Waals surface area contributed by atoms with Crippen molar-refractivity contribution in [1.82, 2.24) is 20.3 Å². The largest absolute Gasteiger partial charge is 0.379 e. The topological polar surface area (TPSA) is 139 Å². The van der Waals surface area contributed by atoms with Crippen molar-refractivity contribution in [2.24, 2.45) is 0 Å². The zero-order valence-electron chi connectivity index (χ0n) is 19.8. The van der Waals surface area contributed by atoms with E-state index in [0.29, 0.717) is 31.7 Å². The molecule has 0 spiro atoms. The predicted octanol–water partition coefficient (Wildman–Crippen LogP) is 0.683. The Balaban J connectivity index is 2.43. The lowest BCUT2D eigenvalue weighted by Crippen LogP contribution is -2.42. The van der Waals surface area contributed by atoms with Gasteiger partial charge in [-0.1, -0.05) is 12.1 Å². The van der Waals surface area contributed by atoms with Crippen molar-refractivity contribution in [3.63, 3.8) is 0 Å². The third-order valence-corrected chi connectivity index (χ3v) is 4.34. The zero-order valence-corrected chi connectivity index (χ0v) is 19.8. The lowest BCUT2D eigenvalue weighted by atomic mass is 10.2. The molecule has 0 saturated heterocycles. The summed E-state index contributed by atoms with van der Waals surface area (Å²) in [6, 6.07) is -0.413. The van der Waals surface area contributed by atoms with Gasteiger partial charge >= 0.3 is 0 Å². The maximum Gasteiger partial charge on any atom is 0.222 e. The van der Waals surface area contributed by atoms with Crippen LogP contribution in [0.1, 0.15) is 52.1 Å². The number of amides is 1. The second kappa shape index (κ2) is 17.0. The molecule has 1 N–H and O–H groups in total. The van der Waals surface area contributed by atoms with Gasteiger partial charge in [-0.05, 0) is 20.3 Å². The van der Waals surface area contributed by atoms with Crippen molar-refractivity contribution in [1.29, 1.82) is 0 Å². The molecule has 1 heterocycles. The molecule has 0 aliphatic rings. The standard InChI is InChI=1S/C22H36N4O7/c1-4-9-31-16-21(29)12-19-13-26(25-24-19)8-5-22(30)23-20(14-32-10-6-17(2)27)15-33-11-7-18(3)28/h13,20H,4-12,14-16H2,1-3H3,(H,23,30). The van der Waals surface area contributed by atoms with Gasteiger partial charge in [0, 0.05) is 32.1 Å². The Labute approximate surface area is 194 Å². The molecule has 0 saturated carbocycles. The lowest BCUT2D eigenvalue weighted by Gasteiger charge is -2.19. The molecule has 0 radical (unpaired) electrons. The molecular weight excluding hydrogens is 432 g/mol. The molecule has 1 rings (SSSR count). The number of ether oxygens (including phenoxy) is 3. The van der Waals surface area contributed by atoms with Crippen molar-refractivity contribution in [3.8, 4) is 0 Å². The Hall–Kier alpha value is -2.50. The van der Waals surface area contributed by atoms with E-state index in [-0.39, 0.29) is 69.1 Å². The molecule has 1 aromatic rings. The highest BCUT2D eigenvalue weighted by atomic mass is 16.5. The maximum absolute atomic E-state index is 12.4. The predicted molar refractivity (Wildman–Crippen MR) is 119 cm³/mol. The molecule has 33 heavy (non-hydrogen) atoms. The number of ketones is 3. The average Bonchev–Trinajstić information content (AvgIpc) is 3.19. The number of hydrogen-bond donors (Lipinski definition) is 1. The number of carbonyl (C=O) groups is 4. The summed E-state index contributed by atoms with van der Waals surface area (Å²) in [5.41, 5.74) is 0.524. The molecule has 0 fully saturated rings. The second-order valence-electron chi connectivity index (χ2n) is 7.81. The lowest BCUT2D eigenvalue weighted by molar-refractivity contribution is -0.124. The number of carbonyl (C=O) groups excluding carboxylic acids is 4. The molecule has 0 aromatic carbocycles. The zero-order chi connectivity index (χ0) is 24.5. The average molecular weight is 469 g/mol. The highest BCUT2D eigenvalue weighted by molar-refractivity contribution is 5.81. The summed E-state index contributed by atoms with van der Waals surface area (Å²) in [6.07, 6.45) is 3.36. The SMILES string of the molecule is CCCOCC(=O)Cc1cn(CCC(=O)NC(COCCC(C)=O)COCCC(C)=O)nn1. The van der Waals surface area contributed by atoms with Crippen molar-refractivity contribution in [3.05, 3.63) is 11.9 Å². The minimum Gasteiger partial charge on any atom is -0.379 e. The Morgan fingerprint density at radius 1 is 0.970 bits per heavy atom. The van der Waals surface area contributed by atoms with Gasteiger partial charge in [-0.15, -0.1) is 5.10 Å². The molecule has 0 bridgehead atoms. The van der Waals surface area contributed by atoms with Crippen LogP contribution in [0.5, 0.6) is 0 Å². The van der Waals surface area contributed by atoms with Gasteiger partial charge in [0.15, 0.2) is 5.78 Å². The summed E-state index contributed by atoms with van der Waals surface area (Å²) in [5.74, 6) is -0.261. The number of Topliss-reactive ketones (excluding diaryl/α,β-unsaturated/α-hetero) is 3. The van der Waals surface area contributed by atoms with Crippen LogP contribution < -0.4 is 5.32 Å². The third-order valence-electron chi connectivity index (χ3n) is 4.34. The number of nitrogens with one attached hydrogen (secondary N) is 1. The summed E-state index contributed by atoms with van der Waals surface area (Å²) < 4.78 is 17.7. The Kier molecular flexibility index (Phi) is 14.7. The molecule has 0 aliphatic carbocycles. The fourth-order valence-corrected chi connectivity index (χ4v) is 2.64. The van der Waals surface area contributed by atoms with E-state index in [1.54, 1.807) is 6.20 Å². The number of rotatable bonds is 20. The van der Waals surface area contributed by atoms with Crippen molar-refractivity contribution >= 4 is 23.3 Å². The van der Waals surface area contributed by atoms with Crippen molar-refractivity contribution in [2.75, 3.05) is 39.6 Å². The van der Waals surface area contributed by atoms with Gasteiger partial charge in [0.2, 0.25) is 5.91 Å². The summed E-state index contributed by atoms with van der Waals surface area (Å²) in [6.45, 7) is 6.73. The molecule has 1 aromatic heterocycles.